The molecule has 0 radical (unpaired) electrons. The summed E-state index contributed by atoms with van der Waals surface area (Å²) in [6.45, 7) is 0.0805. The van der Waals surface area contributed by atoms with Gasteiger partial charge >= 0.3 is 5.63 Å². The van der Waals surface area contributed by atoms with Crippen LogP contribution in [0.1, 0.15) is 0 Å². The molecular weight excluding hydrogens is 304 g/mol. The second-order valence-electron chi connectivity index (χ2n) is 5.02. The molecule has 4 rings (SSSR count). The molecule has 23 heavy (non-hydrogen) atoms. The smallest absolute Gasteiger partial charge is 0.347 e. The third kappa shape index (κ3) is 1.94. The summed E-state index contributed by atoms with van der Waals surface area (Å²) in [5.41, 5.74) is -0.681. The highest BCUT2D eigenvalue weighted by molar-refractivity contribution is 5.95. The molecule has 3 N–H and O–H groups in total. The van der Waals surface area contributed by atoms with Gasteiger partial charge < -0.3 is 29.2 Å². The molecule has 0 fully saturated rings. The number of ether oxygens (including phenoxy) is 2. The van der Waals surface area contributed by atoms with Crippen LogP contribution in [-0.4, -0.2) is 22.1 Å². The number of aromatic hydroxyl groups is 3. The minimum Gasteiger partial charge on any atom is -0.508 e. The lowest BCUT2D eigenvalue weighted by Gasteiger charge is -2.09. The monoisotopic (exact) mass is 314 g/mol. The molecule has 0 aliphatic carbocycles. The Labute approximate surface area is 128 Å². The molecule has 1 aliphatic rings. The third-order valence-corrected chi connectivity index (χ3v) is 3.61. The van der Waals surface area contributed by atoms with Crippen LogP contribution < -0.4 is 15.1 Å². The van der Waals surface area contributed by atoms with Crippen molar-refractivity contribution in [2.75, 3.05) is 6.79 Å². The van der Waals surface area contributed by atoms with E-state index in [0.29, 0.717) is 17.1 Å². The first-order valence-electron chi connectivity index (χ1n) is 6.66. The van der Waals surface area contributed by atoms with E-state index in [1.54, 1.807) is 12.1 Å². The molecule has 1 aromatic heterocycles. The minimum atomic E-state index is -0.807. The van der Waals surface area contributed by atoms with Crippen molar-refractivity contribution < 1.29 is 29.2 Å². The van der Waals surface area contributed by atoms with E-state index in [9.17, 15) is 20.1 Å². The van der Waals surface area contributed by atoms with Gasteiger partial charge in [-0.15, -0.1) is 0 Å². The molecular formula is C16H10O7. The summed E-state index contributed by atoms with van der Waals surface area (Å²) in [6, 6.07) is 6.91. The van der Waals surface area contributed by atoms with Crippen LogP contribution in [0.3, 0.4) is 0 Å². The lowest BCUT2D eigenvalue weighted by Crippen LogP contribution is -2.03. The van der Waals surface area contributed by atoms with Crippen molar-refractivity contribution in [2.45, 2.75) is 0 Å². The zero-order valence-electron chi connectivity index (χ0n) is 11.6. The molecule has 0 saturated carbocycles. The maximum atomic E-state index is 12.2. The summed E-state index contributed by atoms with van der Waals surface area (Å²) in [5.74, 6) is -0.147. The van der Waals surface area contributed by atoms with Crippen LogP contribution in [0.5, 0.6) is 28.7 Å². The van der Waals surface area contributed by atoms with Gasteiger partial charge in [-0.3, -0.25) is 0 Å². The topological polar surface area (TPSA) is 109 Å². The molecule has 116 valence electrons. The van der Waals surface area contributed by atoms with Gasteiger partial charge in [0.1, 0.15) is 33.8 Å². The largest absolute Gasteiger partial charge is 0.508 e. The fourth-order valence-corrected chi connectivity index (χ4v) is 2.58. The maximum absolute atomic E-state index is 12.2. The number of hydrogen-bond acceptors (Lipinski definition) is 7. The molecule has 0 saturated heterocycles. The van der Waals surface area contributed by atoms with E-state index >= 15 is 0 Å². The van der Waals surface area contributed by atoms with Gasteiger partial charge in [-0.1, -0.05) is 6.07 Å². The van der Waals surface area contributed by atoms with E-state index < -0.39 is 17.1 Å². The van der Waals surface area contributed by atoms with Gasteiger partial charge in [0.25, 0.3) is 0 Å². The molecule has 0 spiro atoms. The third-order valence-electron chi connectivity index (χ3n) is 3.61. The van der Waals surface area contributed by atoms with Crippen LogP contribution in [0.4, 0.5) is 0 Å². The van der Waals surface area contributed by atoms with Gasteiger partial charge in [0.2, 0.25) is 6.79 Å². The zero-order chi connectivity index (χ0) is 16.1. The van der Waals surface area contributed by atoms with Crippen molar-refractivity contribution in [2.24, 2.45) is 0 Å². The summed E-state index contributed by atoms with van der Waals surface area (Å²) in [7, 11) is 0. The normalized spacial score (nSPS) is 12.7. The number of rotatable bonds is 1. The number of phenols is 2. The molecule has 1 aliphatic heterocycles. The Morgan fingerprint density at radius 1 is 0.957 bits per heavy atom. The quantitative estimate of drug-likeness (QED) is 0.591. The average Bonchev–Trinajstić information content (AvgIpc) is 2.93. The molecule has 0 unspecified atom stereocenters. The van der Waals surface area contributed by atoms with Gasteiger partial charge in [-0.2, -0.15) is 0 Å². The lowest BCUT2D eigenvalue weighted by atomic mass is 10.0. The van der Waals surface area contributed by atoms with Crippen molar-refractivity contribution in [3.63, 3.8) is 0 Å². The summed E-state index contributed by atoms with van der Waals surface area (Å²) in [4.78, 5) is 12.2. The number of fused-ring (bicyclic) bond motifs is 2. The molecule has 2 aromatic carbocycles. The number of hydrogen-bond donors (Lipinski definition) is 3. The Morgan fingerprint density at radius 2 is 1.74 bits per heavy atom. The van der Waals surface area contributed by atoms with Gasteiger partial charge in [0.15, 0.2) is 11.5 Å². The maximum Gasteiger partial charge on any atom is 0.347 e. The standard InChI is InChI=1S/C16H10O7/c17-8-4-9(18)14-12(5-8)23-16(20)13(15(14)19)7-1-2-10-11(3-7)22-6-21-10/h1-5,17-19H,6H2. The Kier molecular flexibility index (Phi) is 2.65. The van der Waals surface area contributed by atoms with Crippen molar-refractivity contribution in [1.82, 2.24) is 0 Å². The summed E-state index contributed by atoms with van der Waals surface area (Å²) >= 11 is 0. The Morgan fingerprint density at radius 3 is 2.57 bits per heavy atom. The van der Waals surface area contributed by atoms with E-state index in [1.165, 1.54) is 6.07 Å². The lowest BCUT2D eigenvalue weighted by molar-refractivity contribution is 0.174. The molecule has 2 heterocycles. The number of phenolic OH excluding ortho intramolecular Hbond substituents is 2. The van der Waals surface area contributed by atoms with Crippen molar-refractivity contribution >= 4 is 11.0 Å². The predicted octanol–water partition coefficient (Wildman–Crippen LogP) is 2.31. The van der Waals surface area contributed by atoms with Crippen molar-refractivity contribution in [3.8, 4) is 39.9 Å². The SMILES string of the molecule is O=c1oc2cc(O)cc(O)c2c(O)c1-c1ccc2c(c1)OCO2. The molecule has 7 nitrogen and oxygen atoms in total. The highest BCUT2D eigenvalue weighted by Gasteiger charge is 2.21. The first-order chi connectivity index (χ1) is 11.0. The van der Waals surface area contributed by atoms with Gasteiger partial charge in [-0.05, 0) is 17.7 Å². The summed E-state index contributed by atoms with van der Waals surface area (Å²) in [6.07, 6.45) is 0. The average molecular weight is 314 g/mol. The van der Waals surface area contributed by atoms with Gasteiger partial charge in [-0.25, -0.2) is 4.79 Å². The van der Waals surface area contributed by atoms with E-state index in [1.807, 2.05) is 0 Å². The van der Waals surface area contributed by atoms with Crippen molar-refractivity contribution in [3.05, 3.63) is 40.8 Å². The molecule has 0 amide bonds. The van der Waals surface area contributed by atoms with E-state index in [2.05, 4.69) is 0 Å². The highest BCUT2D eigenvalue weighted by Crippen LogP contribution is 2.42. The summed E-state index contributed by atoms with van der Waals surface area (Å²) < 4.78 is 15.5. The van der Waals surface area contributed by atoms with Crippen LogP contribution in [0.25, 0.3) is 22.1 Å². The van der Waals surface area contributed by atoms with Crippen LogP contribution in [0, 0.1) is 0 Å². The second kappa shape index (κ2) is 4.57. The van der Waals surface area contributed by atoms with Crippen LogP contribution >= 0.6 is 0 Å². The molecule has 0 bridgehead atoms. The van der Waals surface area contributed by atoms with Crippen LogP contribution in [-0.2, 0) is 0 Å². The fraction of sp³-hybridized carbons (Fsp3) is 0.0625. The van der Waals surface area contributed by atoms with Crippen molar-refractivity contribution in [1.29, 1.82) is 0 Å². The first kappa shape index (κ1) is 13.3. The highest BCUT2D eigenvalue weighted by atomic mass is 16.7. The number of benzene rings is 2. The minimum absolute atomic E-state index is 0.0601. The van der Waals surface area contributed by atoms with Crippen LogP contribution in [0.2, 0.25) is 0 Å². The molecule has 7 heteroatoms. The zero-order valence-corrected chi connectivity index (χ0v) is 11.6. The molecule has 0 atom stereocenters. The van der Waals surface area contributed by atoms with E-state index in [4.69, 9.17) is 13.9 Å². The second-order valence-corrected chi connectivity index (χ2v) is 5.02. The predicted molar refractivity (Wildman–Crippen MR) is 79.0 cm³/mol. The van der Waals surface area contributed by atoms with Gasteiger partial charge in [0, 0.05) is 12.1 Å². The Bertz CT molecular complexity index is 1000. The van der Waals surface area contributed by atoms with E-state index in [0.717, 1.165) is 12.1 Å². The van der Waals surface area contributed by atoms with Crippen LogP contribution in [0.15, 0.2) is 39.5 Å². The van der Waals surface area contributed by atoms with Gasteiger partial charge in [0.05, 0.1) is 0 Å². The Hall–Kier alpha value is -3.35. The Balaban J connectivity index is 2.02. The summed E-state index contributed by atoms with van der Waals surface area (Å²) in [5, 5.41) is 29.7. The van der Waals surface area contributed by atoms with E-state index in [-0.39, 0.29) is 29.1 Å². The first-order valence-corrected chi connectivity index (χ1v) is 6.66. The molecule has 3 aromatic rings. The fourth-order valence-electron chi connectivity index (χ4n) is 2.58.